The van der Waals surface area contributed by atoms with E-state index in [1.54, 1.807) is 41.4 Å². The average Bonchev–Trinajstić information content (AvgIpc) is 3.38. The minimum absolute atomic E-state index is 0.00715. The predicted molar refractivity (Wildman–Crippen MR) is 118 cm³/mol. The van der Waals surface area contributed by atoms with Crippen LogP contribution < -0.4 is 0 Å². The first-order valence-corrected chi connectivity index (χ1v) is 12.5. The molecule has 3 heterocycles. The summed E-state index contributed by atoms with van der Waals surface area (Å²) in [5.74, 6) is -0.0869. The van der Waals surface area contributed by atoms with E-state index in [2.05, 4.69) is 9.55 Å². The molecule has 1 aromatic heterocycles. The quantitative estimate of drug-likeness (QED) is 0.650. The number of hydrogen-bond donors (Lipinski definition) is 0. The molecule has 9 nitrogen and oxygen atoms in total. The van der Waals surface area contributed by atoms with E-state index in [0.29, 0.717) is 32.2 Å². The van der Waals surface area contributed by atoms with Crippen LogP contribution in [0.5, 0.6) is 0 Å². The molecule has 2 aliphatic heterocycles. The minimum Gasteiger partial charge on any atom is -0.343 e. The number of carbonyl (C=O) groups is 2. The van der Waals surface area contributed by atoms with Crippen LogP contribution in [0.1, 0.15) is 31.7 Å². The van der Waals surface area contributed by atoms with Gasteiger partial charge >= 0.3 is 0 Å². The maximum atomic E-state index is 12.7. The molecule has 0 bridgehead atoms. The number of carbonyl (C=O) groups excluding carboxylic acids is 2. The Hall–Kier alpha value is -2.72. The lowest BCUT2D eigenvalue weighted by molar-refractivity contribution is -0.138. The van der Waals surface area contributed by atoms with Crippen molar-refractivity contribution in [2.45, 2.75) is 36.6 Å². The second-order valence-electron chi connectivity index (χ2n) is 8.22. The zero-order chi connectivity index (χ0) is 22.6. The molecule has 0 unspecified atom stereocenters. The van der Waals surface area contributed by atoms with Crippen molar-refractivity contribution in [2.24, 2.45) is 0 Å². The third-order valence-electron chi connectivity index (χ3n) is 6.29. The Morgan fingerprint density at radius 1 is 0.875 bits per heavy atom. The third kappa shape index (κ3) is 5.02. The first kappa shape index (κ1) is 22.5. The lowest BCUT2D eigenvalue weighted by Gasteiger charge is -2.34. The van der Waals surface area contributed by atoms with E-state index in [0.717, 1.165) is 12.8 Å². The normalized spacial score (nSPS) is 18.6. The van der Waals surface area contributed by atoms with Gasteiger partial charge in [-0.3, -0.25) is 9.59 Å². The van der Waals surface area contributed by atoms with E-state index >= 15 is 0 Å². The number of piperazine rings is 1. The number of piperidine rings is 1. The van der Waals surface area contributed by atoms with Gasteiger partial charge in [0, 0.05) is 70.5 Å². The molecule has 2 saturated heterocycles. The van der Waals surface area contributed by atoms with Gasteiger partial charge in [0.15, 0.2) is 0 Å². The number of benzene rings is 1. The highest BCUT2D eigenvalue weighted by atomic mass is 32.2. The van der Waals surface area contributed by atoms with Crippen LogP contribution in [0.2, 0.25) is 0 Å². The Balaban J connectivity index is 1.20. The number of amides is 2. The molecule has 172 valence electrons. The molecule has 2 fully saturated rings. The van der Waals surface area contributed by atoms with Crippen molar-refractivity contribution in [1.82, 2.24) is 23.7 Å². The number of imidazole rings is 1. The Morgan fingerprint density at radius 2 is 1.47 bits per heavy atom. The standard InChI is InChI=1S/C22H29N5O4S/c28-21(24-11-8-19(9-12-24)26-13-10-23-18-26)6-7-22(29)25-14-16-27(17-15-25)32(30,31)20-4-2-1-3-5-20/h1-5,10,13,18-19H,6-9,11-12,14-17H2. The maximum Gasteiger partial charge on any atom is 0.243 e. The summed E-state index contributed by atoms with van der Waals surface area (Å²) in [6.07, 6.45) is 7.64. The summed E-state index contributed by atoms with van der Waals surface area (Å²) in [7, 11) is -3.54. The van der Waals surface area contributed by atoms with Crippen molar-refractivity contribution in [3.63, 3.8) is 0 Å². The highest BCUT2D eigenvalue weighted by Crippen LogP contribution is 2.23. The predicted octanol–water partition coefficient (Wildman–Crippen LogP) is 1.36. The molecule has 0 saturated carbocycles. The van der Waals surface area contributed by atoms with Crippen LogP contribution in [-0.4, -0.2) is 83.2 Å². The van der Waals surface area contributed by atoms with Crippen molar-refractivity contribution >= 4 is 21.8 Å². The van der Waals surface area contributed by atoms with Gasteiger partial charge in [0.05, 0.1) is 11.2 Å². The smallest absolute Gasteiger partial charge is 0.243 e. The topological polar surface area (TPSA) is 95.8 Å². The van der Waals surface area contributed by atoms with Gasteiger partial charge in [-0.05, 0) is 25.0 Å². The largest absolute Gasteiger partial charge is 0.343 e. The highest BCUT2D eigenvalue weighted by molar-refractivity contribution is 7.89. The van der Waals surface area contributed by atoms with Crippen LogP contribution in [0.15, 0.2) is 53.9 Å². The van der Waals surface area contributed by atoms with Gasteiger partial charge in [-0.2, -0.15) is 4.31 Å². The summed E-state index contributed by atoms with van der Waals surface area (Å²) in [4.78, 5) is 33.0. The van der Waals surface area contributed by atoms with E-state index < -0.39 is 10.0 Å². The highest BCUT2D eigenvalue weighted by Gasteiger charge is 2.30. The van der Waals surface area contributed by atoms with E-state index in [-0.39, 0.29) is 42.6 Å². The van der Waals surface area contributed by atoms with Crippen LogP contribution in [0.25, 0.3) is 0 Å². The first-order valence-electron chi connectivity index (χ1n) is 11.0. The molecular formula is C22H29N5O4S. The van der Waals surface area contributed by atoms with Crippen LogP contribution >= 0.6 is 0 Å². The molecule has 32 heavy (non-hydrogen) atoms. The molecule has 2 aliphatic rings. The number of sulfonamides is 1. The Labute approximate surface area is 188 Å². The number of hydrogen-bond acceptors (Lipinski definition) is 5. The fraction of sp³-hybridized carbons (Fsp3) is 0.500. The summed E-state index contributed by atoms with van der Waals surface area (Å²) in [5, 5.41) is 0. The Morgan fingerprint density at radius 3 is 2.03 bits per heavy atom. The van der Waals surface area contributed by atoms with Gasteiger partial charge in [-0.25, -0.2) is 13.4 Å². The van der Waals surface area contributed by atoms with Gasteiger partial charge in [-0.1, -0.05) is 18.2 Å². The summed E-state index contributed by atoms with van der Waals surface area (Å²) in [6.45, 7) is 2.58. The van der Waals surface area contributed by atoms with Crippen molar-refractivity contribution in [1.29, 1.82) is 0 Å². The van der Waals surface area contributed by atoms with Crippen LogP contribution in [0.3, 0.4) is 0 Å². The molecule has 10 heteroatoms. The second-order valence-corrected chi connectivity index (χ2v) is 10.2. The summed E-state index contributed by atoms with van der Waals surface area (Å²) in [6, 6.07) is 8.70. The molecule has 2 aromatic rings. The van der Waals surface area contributed by atoms with Crippen molar-refractivity contribution < 1.29 is 18.0 Å². The van der Waals surface area contributed by atoms with Gasteiger partial charge in [0.1, 0.15) is 0 Å². The van der Waals surface area contributed by atoms with Gasteiger partial charge in [0.25, 0.3) is 0 Å². The molecular weight excluding hydrogens is 430 g/mol. The van der Waals surface area contributed by atoms with Gasteiger partial charge < -0.3 is 14.4 Å². The molecule has 2 amide bonds. The number of nitrogens with zero attached hydrogens (tertiary/aromatic N) is 5. The van der Waals surface area contributed by atoms with E-state index in [4.69, 9.17) is 0 Å². The van der Waals surface area contributed by atoms with Gasteiger partial charge in [-0.15, -0.1) is 0 Å². The summed E-state index contributed by atoms with van der Waals surface area (Å²) < 4.78 is 28.9. The molecule has 0 radical (unpaired) electrons. The minimum atomic E-state index is -3.54. The average molecular weight is 460 g/mol. The van der Waals surface area contributed by atoms with Crippen molar-refractivity contribution in [3.8, 4) is 0 Å². The molecule has 0 N–H and O–H groups in total. The number of likely N-dealkylation sites (tertiary alicyclic amines) is 1. The summed E-state index contributed by atoms with van der Waals surface area (Å²) in [5.41, 5.74) is 0. The lowest BCUT2D eigenvalue weighted by Crippen LogP contribution is -2.50. The second kappa shape index (κ2) is 9.83. The monoisotopic (exact) mass is 459 g/mol. The third-order valence-corrected chi connectivity index (χ3v) is 8.20. The molecule has 0 spiro atoms. The number of aromatic nitrogens is 2. The Kier molecular flexibility index (Phi) is 6.90. The fourth-order valence-electron chi connectivity index (χ4n) is 4.35. The molecule has 0 atom stereocenters. The fourth-order valence-corrected chi connectivity index (χ4v) is 5.79. The van der Waals surface area contributed by atoms with Crippen LogP contribution in [-0.2, 0) is 19.6 Å². The zero-order valence-corrected chi connectivity index (χ0v) is 18.9. The van der Waals surface area contributed by atoms with Gasteiger partial charge in [0.2, 0.25) is 21.8 Å². The van der Waals surface area contributed by atoms with E-state index in [1.807, 2.05) is 17.4 Å². The van der Waals surface area contributed by atoms with E-state index in [1.165, 1.54) is 4.31 Å². The zero-order valence-electron chi connectivity index (χ0n) is 18.0. The first-order chi connectivity index (χ1) is 15.4. The van der Waals surface area contributed by atoms with Crippen LogP contribution in [0, 0.1) is 0 Å². The van der Waals surface area contributed by atoms with Crippen molar-refractivity contribution in [2.75, 3.05) is 39.3 Å². The summed E-state index contributed by atoms with van der Waals surface area (Å²) >= 11 is 0. The van der Waals surface area contributed by atoms with Crippen LogP contribution in [0.4, 0.5) is 0 Å². The molecule has 0 aliphatic carbocycles. The SMILES string of the molecule is O=C(CCC(=O)N1CCN(S(=O)(=O)c2ccccc2)CC1)N1CCC(n2ccnc2)CC1. The Bertz CT molecular complexity index is 1010. The van der Waals surface area contributed by atoms with E-state index in [9.17, 15) is 18.0 Å². The van der Waals surface area contributed by atoms with Crippen molar-refractivity contribution in [3.05, 3.63) is 49.1 Å². The lowest BCUT2D eigenvalue weighted by atomic mass is 10.0. The maximum absolute atomic E-state index is 12.7. The number of rotatable bonds is 6. The molecule has 1 aromatic carbocycles. The molecule has 4 rings (SSSR count).